The summed E-state index contributed by atoms with van der Waals surface area (Å²) >= 11 is 0. The summed E-state index contributed by atoms with van der Waals surface area (Å²) in [4.78, 5) is 0. The van der Waals surface area contributed by atoms with Crippen LogP contribution in [0.4, 0.5) is 13.2 Å². The van der Waals surface area contributed by atoms with Crippen molar-refractivity contribution < 1.29 is 25.8 Å². The Morgan fingerprint density at radius 2 is 1.20 bits per heavy atom. The Kier molecular flexibility index (Phi) is 12.0. The Balaban J connectivity index is 3.71. The monoisotopic (exact) mass is 388 g/mol. The second-order valence-electron chi connectivity index (χ2n) is 7.57. The molecule has 0 unspecified atom stereocenters. The average Bonchev–Trinajstić information content (AvgIpc) is 2.47. The Hall–Kier alpha value is -0.300. The van der Waals surface area contributed by atoms with Gasteiger partial charge in [0.25, 0.3) is 0 Å². The van der Waals surface area contributed by atoms with E-state index in [9.17, 15) is 21.6 Å². The second kappa shape index (κ2) is 12.2. The maximum atomic E-state index is 12.2. The zero-order valence-corrected chi connectivity index (χ0v) is 16.8. The van der Waals surface area contributed by atoms with E-state index in [4.69, 9.17) is 0 Å². The molecular formula is C18H35F3O3S. The van der Waals surface area contributed by atoms with Gasteiger partial charge in [0.1, 0.15) is 0 Å². The molecule has 0 aliphatic carbocycles. The lowest BCUT2D eigenvalue weighted by molar-refractivity contribution is -0.0547. The summed E-state index contributed by atoms with van der Waals surface area (Å²) in [5.41, 5.74) is -5.56. The van der Waals surface area contributed by atoms with Crippen LogP contribution in [0.15, 0.2) is 0 Å². The first-order chi connectivity index (χ1) is 11.5. The molecule has 0 fully saturated rings. The summed E-state index contributed by atoms with van der Waals surface area (Å²) < 4.78 is 62.3. The number of rotatable bonds is 15. The minimum atomic E-state index is -5.46. The molecule has 7 heteroatoms. The van der Waals surface area contributed by atoms with Crippen molar-refractivity contribution in [2.75, 3.05) is 6.61 Å². The summed E-state index contributed by atoms with van der Waals surface area (Å²) in [6.07, 6.45) is 13.5. The molecule has 0 saturated carbocycles. The highest BCUT2D eigenvalue weighted by atomic mass is 32.2. The third kappa shape index (κ3) is 12.7. The largest absolute Gasteiger partial charge is 0.523 e. The van der Waals surface area contributed by atoms with Crippen LogP contribution in [0.25, 0.3) is 0 Å². The number of halogens is 3. The summed E-state index contributed by atoms with van der Waals surface area (Å²) in [5.74, 6) is 0. The lowest BCUT2D eigenvalue weighted by atomic mass is 9.84. The van der Waals surface area contributed by atoms with Crippen molar-refractivity contribution >= 4 is 10.1 Å². The van der Waals surface area contributed by atoms with Crippen LogP contribution in [0.1, 0.15) is 97.8 Å². The van der Waals surface area contributed by atoms with Crippen LogP contribution in [-0.2, 0) is 14.3 Å². The van der Waals surface area contributed by atoms with Gasteiger partial charge in [-0.05, 0) is 18.3 Å². The number of hydrogen-bond acceptors (Lipinski definition) is 3. The smallest absolute Gasteiger partial charge is 0.263 e. The fourth-order valence-electron chi connectivity index (χ4n) is 2.71. The van der Waals surface area contributed by atoms with Crippen molar-refractivity contribution in [1.82, 2.24) is 0 Å². The van der Waals surface area contributed by atoms with Crippen molar-refractivity contribution in [1.29, 1.82) is 0 Å². The predicted octanol–water partition coefficient (Wildman–Crippen LogP) is 6.58. The first kappa shape index (κ1) is 24.7. The molecule has 0 aliphatic rings. The first-order valence-corrected chi connectivity index (χ1v) is 10.9. The van der Waals surface area contributed by atoms with E-state index in [-0.39, 0.29) is 5.41 Å². The molecule has 0 spiro atoms. The molecule has 0 aromatic carbocycles. The van der Waals surface area contributed by atoms with Crippen molar-refractivity contribution in [3.63, 3.8) is 0 Å². The summed E-state index contributed by atoms with van der Waals surface area (Å²) in [6.45, 7) is 5.66. The van der Waals surface area contributed by atoms with Crippen LogP contribution in [0.5, 0.6) is 0 Å². The number of hydrogen-bond donors (Lipinski definition) is 0. The molecule has 25 heavy (non-hydrogen) atoms. The zero-order chi connectivity index (χ0) is 19.4. The zero-order valence-electron chi connectivity index (χ0n) is 16.0. The van der Waals surface area contributed by atoms with Gasteiger partial charge in [0.15, 0.2) is 0 Å². The van der Waals surface area contributed by atoms with E-state index < -0.39 is 22.2 Å². The minimum Gasteiger partial charge on any atom is -0.263 e. The van der Waals surface area contributed by atoms with Gasteiger partial charge in [0, 0.05) is 0 Å². The standard InChI is InChI=1S/C18H35F3O3S/c1-4-5-6-7-8-9-10-11-12-13-14-17(2,3)15-16-24-25(22,23)18(19,20)21/h4-16H2,1-3H3. The molecule has 0 N–H and O–H groups in total. The lowest BCUT2D eigenvalue weighted by Crippen LogP contribution is -2.27. The maximum Gasteiger partial charge on any atom is 0.523 e. The van der Waals surface area contributed by atoms with Gasteiger partial charge in [-0.2, -0.15) is 21.6 Å². The summed E-state index contributed by atoms with van der Waals surface area (Å²) in [5, 5.41) is 0. The predicted molar refractivity (Wildman–Crippen MR) is 95.8 cm³/mol. The highest BCUT2D eigenvalue weighted by molar-refractivity contribution is 7.87. The molecule has 0 heterocycles. The van der Waals surface area contributed by atoms with E-state index in [0.29, 0.717) is 6.42 Å². The molecule has 0 aromatic heterocycles. The Morgan fingerprint density at radius 3 is 1.64 bits per heavy atom. The van der Waals surface area contributed by atoms with E-state index in [2.05, 4.69) is 11.1 Å². The van der Waals surface area contributed by atoms with Gasteiger partial charge in [-0.25, -0.2) is 0 Å². The quantitative estimate of drug-likeness (QED) is 0.181. The molecule has 152 valence electrons. The van der Waals surface area contributed by atoms with E-state index in [1.165, 1.54) is 51.4 Å². The van der Waals surface area contributed by atoms with Crippen molar-refractivity contribution in [3.05, 3.63) is 0 Å². The van der Waals surface area contributed by atoms with Gasteiger partial charge in [-0.1, -0.05) is 85.0 Å². The normalized spacial score (nSPS) is 13.4. The SMILES string of the molecule is CCCCCCCCCCCCC(C)(C)CCOS(=O)(=O)C(F)(F)F. The van der Waals surface area contributed by atoms with Crippen LogP contribution < -0.4 is 0 Å². The van der Waals surface area contributed by atoms with E-state index in [1.807, 2.05) is 13.8 Å². The van der Waals surface area contributed by atoms with E-state index >= 15 is 0 Å². The maximum absolute atomic E-state index is 12.2. The third-order valence-electron chi connectivity index (χ3n) is 4.51. The van der Waals surface area contributed by atoms with Gasteiger partial charge < -0.3 is 0 Å². The summed E-state index contributed by atoms with van der Waals surface area (Å²) in [6, 6.07) is 0. The number of alkyl halides is 3. The van der Waals surface area contributed by atoms with Crippen LogP contribution in [0.2, 0.25) is 0 Å². The van der Waals surface area contributed by atoms with Crippen molar-refractivity contribution in [2.45, 2.75) is 103 Å². The number of unbranched alkanes of at least 4 members (excludes halogenated alkanes) is 9. The van der Waals surface area contributed by atoms with Gasteiger partial charge in [-0.15, -0.1) is 0 Å². The average molecular weight is 389 g/mol. The van der Waals surface area contributed by atoms with Gasteiger partial charge in [0.05, 0.1) is 6.61 Å². The highest BCUT2D eigenvalue weighted by Crippen LogP contribution is 2.30. The fraction of sp³-hybridized carbons (Fsp3) is 1.00. The Morgan fingerprint density at radius 1 is 0.760 bits per heavy atom. The van der Waals surface area contributed by atoms with E-state index in [0.717, 1.165) is 19.3 Å². The molecule has 0 atom stereocenters. The Bertz CT molecular complexity index is 431. The molecule has 0 bridgehead atoms. The third-order valence-corrected chi connectivity index (χ3v) is 5.55. The first-order valence-electron chi connectivity index (χ1n) is 9.47. The van der Waals surface area contributed by atoms with Crippen LogP contribution in [0.3, 0.4) is 0 Å². The highest BCUT2D eigenvalue weighted by Gasteiger charge is 2.47. The van der Waals surface area contributed by atoms with Gasteiger partial charge in [-0.3, -0.25) is 4.18 Å². The minimum absolute atomic E-state index is 0.221. The molecule has 0 radical (unpaired) electrons. The summed E-state index contributed by atoms with van der Waals surface area (Å²) in [7, 11) is -5.46. The lowest BCUT2D eigenvalue weighted by Gasteiger charge is -2.24. The molecule has 0 rings (SSSR count). The molecular weight excluding hydrogens is 353 g/mol. The molecule has 0 amide bonds. The van der Waals surface area contributed by atoms with Crippen LogP contribution >= 0.6 is 0 Å². The van der Waals surface area contributed by atoms with Crippen LogP contribution in [0, 0.1) is 5.41 Å². The fourth-order valence-corrected chi connectivity index (χ4v) is 3.15. The molecule has 0 aliphatic heterocycles. The van der Waals surface area contributed by atoms with Gasteiger partial charge in [0.2, 0.25) is 0 Å². The molecule has 3 nitrogen and oxygen atoms in total. The van der Waals surface area contributed by atoms with E-state index in [1.54, 1.807) is 0 Å². The molecule has 0 aromatic rings. The van der Waals surface area contributed by atoms with Crippen molar-refractivity contribution in [2.24, 2.45) is 5.41 Å². The Labute approximate surface area is 151 Å². The van der Waals surface area contributed by atoms with Crippen LogP contribution in [-0.4, -0.2) is 20.5 Å². The molecule has 0 saturated heterocycles. The second-order valence-corrected chi connectivity index (χ2v) is 9.17. The van der Waals surface area contributed by atoms with Crippen molar-refractivity contribution in [3.8, 4) is 0 Å². The topological polar surface area (TPSA) is 43.4 Å². The van der Waals surface area contributed by atoms with Gasteiger partial charge >= 0.3 is 15.6 Å².